The van der Waals surface area contributed by atoms with Crippen molar-refractivity contribution in [2.45, 2.75) is 27.2 Å². The Labute approximate surface area is 97.1 Å². The number of aryl methyl sites for hydroxylation is 2. The molecule has 0 saturated heterocycles. The van der Waals surface area contributed by atoms with Crippen LogP contribution in [0.3, 0.4) is 0 Å². The molecular weight excluding hydrogens is 198 g/mol. The molecule has 1 N–H and O–H groups in total. The Morgan fingerprint density at radius 1 is 1.31 bits per heavy atom. The molecule has 0 fully saturated rings. The highest BCUT2D eigenvalue weighted by molar-refractivity contribution is 5.97. The quantitative estimate of drug-likeness (QED) is 0.609. The average molecular weight is 215 g/mol. The third kappa shape index (κ3) is 3.13. The molecule has 2 heteroatoms. The molecule has 1 aromatic rings. The summed E-state index contributed by atoms with van der Waals surface area (Å²) in [6.07, 6.45) is 0.702. The molecule has 0 atom stereocenters. The zero-order valence-corrected chi connectivity index (χ0v) is 10.1. The fourth-order valence-corrected chi connectivity index (χ4v) is 1.62. The SMILES string of the molecule is CC#CCCNC(=O)c1c(C)cccc1C. The Balaban J connectivity index is 2.68. The van der Waals surface area contributed by atoms with Gasteiger partial charge >= 0.3 is 0 Å². The van der Waals surface area contributed by atoms with E-state index in [0.29, 0.717) is 13.0 Å². The Morgan fingerprint density at radius 2 is 1.94 bits per heavy atom. The lowest BCUT2D eigenvalue weighted by Crippen LogP contribution is -2.25. The van der Waals surface area contributed by atoms with Crippen LogP contribution in [0.5, 0.6) is 0 Å². The molecular formula is C14H17NO. The fourth-order valence-electron chi connectivity index (χ4n) is 1.62. The highest BCUT2D eigenvalue weighted by Crippen LogP contribution is 2.12. The molecule has 1 aromatic carbocycles. The van der Waals surface area contributed by atoms with Crippen molar-refractivity contribution in [3.63, 3.8) is 0 Å². The van der Waals surface area contributed by atoms with Crippen molar-refractivity contribution in [1.82, 2.24) is 5.32 Å². The second-order valence-electron chi connectivity index (χ2n) is 3.70. The molecule has 2 nitrogen and oxygen atoms in total. The monoisotopic (exact) mass is 215 g/mol. The van der Waals surface area contributed by atoms with E-state index in [9.17, 15) is 4.79 Å². The van der Waals surface area contributed by atoms with Gasteiger partial charge in [0.2, 0.25) is 0 Å². The van der Waals surface area contributed by atoms with Crippen molar-refractivity contribution in [1.29, 1.82) is 0 Å². The first-order valence-electron chi connectivity index (χ1n) is 5.41. The van der Waals surface area contributed by atoms with Crippen molar-refractivity contribution in [3.05, 3.63) is 34.9 Å². The molecule has 0 unspecified atom stereocenters. The van der Waals surface area contributed by atoms with Crippen LogP contribution in [0.2, 0.25) is 0 Å². The number of carbonyl (C=O) groups is 1. The predicted molar refractivity (Wildman–Crippen MR) is 66.3 cm³/mol. The molecule has 0 aromatic heterocycles. The summed E-state index contributed by atoms with van der Waals surface area (Å²) in [5, 5.41) is 2.87. The van der Waals surface area contributed by atoms with Crippen molar-refractivity contribution in [2.75, 3.05) is 6.54 Å². The highest BCUT2D eigenvalue weighted by Gasteiger charge is 2.10. The maximum atomic E-state index is 11.9. The van der Waals surface area contributed by atoms with Gasteiger partial charge in [0.05, 0.1) is 0 Å². The van der Waals surface area contributed by atoms with E-state index in [2.05, 4.69) is 17.2 Å². The summed E-state index contributed by atoms with van der Waals surface area (Å²) in [4.78, 5) is 11.9. The minimum Gasteiger partial charge on any atom is -0.351 e. The second kappa shape index (κ2) is 5.97. The first-order chi connectivity index (χ1) is 7.66. The number of nitrogens with one attached hydrogen (secondary N) is 1. The molecule has 1 rings (SSSR count). The summed E-state index contributed by atoms with van der Waals surface area (Å²) < 4.78 is 0. The van der Waals surface area contributed by atoms with Crippen LogP contribution in [0.25, 0.3) is 0 Å². The van der Waals surface area contributed by atoms with Gasteiger partial charge in [0.15, 0.2) is 0 Å². The van der Waals surface area contributed by atoms with E-state index in [-0.39, 0.29) is 5.91 Å². The molecule has 0 radical (unpaired) electrons. The van der Waals surface area contributed by atoms with Crippen LogP contribution < -0.4 is 5.32 Å². The first-order valence-corrected chi connectivity index (χ1v) is 5.41. The van der Waals surface area contributed by atoms with Crippen LogP contribution >= 0.6 is 0 Å². The summed E-state index contributed by atoms with van der Waals surface area (Å²) in [5.41, 5.74) is 2.81. The van der Waals surface area contributed by atoms with Crippen LogP contribution in [0.4, 0.5) is 0 Å². The van der Waals surface area contributed by atoms with E-state index in [4.69, 9.17) is 0 Å². The normalized spacial score (nSPS) is 9.19. The van der Waals surface area contributed by atoms with Crippen LogP contribution in [-0.4, -0.2) is 12.5 Å². The molecule has 0 heterocycles. The largest absolute Gasteiger partial charge is 0.351 e. The van der Waals surface area contributed by atoms with Gasteiger partial charge in [0.1, 0.15) is 0 Å². The van der Waals surface area contributed by atoms with Gasteiger partial charge in [-0.2, -0.15) is 0 Å². The lowest BCUT2D eigenvalue weighted by atomic mass is 10.0. The number of hydrogen-bond donors (Lipinski definition) is 1. The van der Waals surface area contributed by atoms with Crippen LogP contribution in [-0.2, 0) is 0 Å². The van der Waals surface area contributed by atoms with Gasteiger partial charge in [0, 0.05) is 18.5 Å². The van der Waals surface area contributed by atoms with Crippen LogP contribution in [0.15, 0.2) is 18.2 Å². The van der Waals surface area contributed by atoms with Gasteiger partial charge in [-0.15, -0.1) is 11.8 Å². The van der Waals surface area contributed by atoms with E-state index in [1.807, 2.05) is 32.0 Å². The molecule has 0 bridgehead atoms. The Kier molecular flexibility index (Phi) is 4.60. The summed E-state index contributed by atoms with van der Waals surface area (Å²) in [6.45, 7) is 6.31. The molecule has 0 saturated carbocycles. The number of hydrogen-bond acceptors (Lipinski definition) is 1. The number of amides is 1. The molecule has 0 aliphatic rings. The molecule has 16 heavy (non-hydrogen) atoms. The zero-order valence-electron chi connectivity index (χ0n) is 10.1. The van der Waals surface area contributed by atoms with E-state index in [1.165, 1.54) is 0 Å². The van der Waals surface area contributed by atoms with Crippen molar-refractivity contribution in [2.24, 2.45) is 0 Å². The second-order valence-corrected chi connectivity index (χ2v) is 3.70. The molecule has 1 amide bonds. The average Bonchev–Trinajstić information content (AvgIpc) is 2.24. The Morgan fingerprint density at radius 3 is 2.50 bits per heavy atom. The van der Waals surface area contributed by atoms with E-state index >= 15 is 0 Å². The minimum atomic E-state index is -0.00602. The maximum Gasteiger partial charge on any atom is 0.251 e. The summed E-state index contributed by atoms with van der Waals surface area (Å²) >= 11 is 0. The molecule has 84 valence electrons. The van der Waals surface area contributed by atoms with Gasteiger partial charge in [-0.05, 0) is 31.9 Å². The minimum absolute atomic E-state index is 0.00602. The summed E-state index contributed by atoms with van der Waals surface area (Å²) in [7, 11) is 0. The Hall–Kier alpha value is -1.75. The lowest BCUT2D eigenvalue weighted by molar-refractivity contribution is 0.0953. The first kappa shape index (κ1) is 12.3. The molecule has 0 spiro atoms. The fraction of sp³-hybridized carbons (Fsp3) is 0.357. The predicted octanol–water partition coefficient (Wildman–Crippen LogP) is 2.45. The summed E-state index contributed by atoms with van der Waals surface area (Å²) in [6, 6.07) is 5.87. The van der Waals surface area contributed by atoms with E-state index in [1.54, 1.807) is 6.92 Å². The van der Waals surface area contributed by atoms with Gasteiger partial charge in [0.25, 0.3) is 5.91 Å². The van der Waals surface area contributed by atoms with Gasteiger partial charge in [-0.1, -0.05) is 18.2 Å². The standard InChI is InChI=1S/C14H17NO/c1-4-5-6-10-15-14(16)13-11(2)8-7-9-12(13)3/h7-9H,6,10H2,1-3H3,(H,15,16). The van der Waals surface area contributed by atoms with Crippen molar-refractivity contribution in [3.8, 4) is 11.8 Å². The third-order valence-corrected chi connectivity index (χ3v) is 2.42. The van der Waals surface area contributed by atoms with E-state index < -0.39 is 0 Å². The van der Waals surface area contributed by atoms with Gasteiger partial charge < -0.3 is 5.32 Å². The number of carbonyl (C=O) groups excluding carboxylic acids is 1. The zero-order chi connectivity index (χ0) is 12.0. The van der Waals surface area contributed by atoms with Crippen LogP contribution in [0.1, 0.15) is 34.8 Å². The smallest absolute Gasteiger partial charge is 0.251 e. The third-order valence-electron chi connectivity index (χ3n) is 2.42. The van der Waals surface area contributed by atoms with Gasteiger partial charge in [-0.25, -0.2) is 0 Å². The molecule has 0 aliphatic carbocycles. The Bertz CT molecular complexity index is 418. The number of benzene rings is 1. The topological polar surface area (TPSA) is 29.1 Å². The molecule has 0 aliphatic heterocycles. The lowest BCUT2D eigenvalue weighted by Gasteiger charge is -2.09. The highest BCUT2D eigenvalue weighted by atomic mass is 16.1. The number of rotatable bonds is 3. The maximum absolute atomic E-state index is 11.9. The summed E-state index contributed by atoms with van der Waals surface area (Å²) in [5.74, 6) is 5.72. The van der Waals surface area contributed by atoms with E-state index in [0.717, 1.165) is 16.7 Å². The van der Waals surface area contributed by atoms with Crippen molar-refractivity contribution < 1.29 is 4.79 Å². The van der Waals surface area contributed by atoms with Crippen LogP contribution in [0, 0.1) is 25.7 Å². The van der Waals surface area contributed by atoms with Gasteiger partial charge in [-0.3, -0.25) is 4.79 Å². The van der Waals surface area contributed by atoms with Crippen molar-refractivity contribution >= 4 is 5.91 Å².